The van der Waals surface area contributed by atoms with Gasteiger partial charge in [0, 0.05) is 12.4 Å². The van der Waals surface area contributed by atoms with Gasteiger partial charge in [-0.05, 0) is 18.6 Å². The Bertz CT molecular complexity index is 325. The first kappa shape index (κ1) is 16.1. The molecule has 1 heterocycles. The Morgan fingerprint density at radius 2 is 1.59 bits per heavy atom. The lowest BCUT2D eigenvalue weighted by Gasteiger charge is -1.96. The molecule has 0 spiro atoms. The van der Waals surface area contributed by atoms with Crippen LogP contribution in [-0.4, -0.2) is 23.7 Å². The molecule has 0 atom stereocenters. The van der Waals surface area contributed by atoms with Gasteiger partial charge in [-0.2, -0.15) is 8.42 Å². The zero-order valence-electron chi connectivity index (χ0n) is 10.2. The maximum absolute atomic E-state index is 10.2. The number of hydrogen-bond acceptors (Lipinski definition) is 3. The summed E-state index contributed by atoms with van der Waals surface area (Å²) in [5.74, 6) is -0.0866. The molecule has 1 rings (SSSR count). The highest BCUT2D eigenvalue weighted by Gasteiger charge is 2.02. The van der Waals surface area contributed by atoms with E-state index in [1.807, 2.05) is 18.2 Å². The summed E-state index contributed by atoms with van der Waals surface area (Å²) in [6.45, 7) is 2.10. The third-order valence-electron chi connectivity index (χ3n) is 2.07. The highest BCUT2D eigenvalue weighted by Crippen LogP contribution is 2.03. The summed E-state index contributed by atoms with van der Waals surface area (Å²) >= 11 is 0. The molecule has 0 aliphatic carbocycles. The molecule has 5 heteroatoms. The molecule has 0 aromatic carbocycles. The van der Waals surface area contributed by atoms with Crippen molar-refractivity contribution >= 4 is 10.1 Å². The van der Waals surface area contributed by atoms with Crippen molar-refractivity contribution in [3.05, 3.63) is 30.6 Å². The van der Waals surface area contributed by atoms with Crippen molar-refractivity contribution in [2.45, 2.75) is 39.0 Å². The minimum absolute atomic E-state index is 0.0866. The van der Waals surface area contributed by atoms with Gasteiger partial charge >= 0.3 is 0 Å². The van der Waals surface area contributed by atoms with Crippen LogP contribution >= 0.6 is 0 Å². The van der Waals surface area contributed by atoms with Gasteiger partial charge in [-0.15, -0.1) is 0 Å². The standard InChI is InChI=1S/C7H16O3S.C5H5N/c1-2-3-4-5-6-7-11(8,9)10;1-2-4-6-5-3-1/h2-7H2,1H3,(H,8,9,10);1-5H. The quantitative estimate of drug-likeness (QED) is 0.630. The highest BCUT2D eigenvalue weighted by atomic mass is 32.2. The van der Waals surface area contributed by atoms with Gasteiger partial charge < -0.3 is 0 Å². The molecule has 0 aliphatic heterocycles. The van der Waals surface area contributed by atoms with Gasteiger partial charge in [-0.1, -0.05) is 38.7 Å². The molecule has 0 aliphatic rings. The number of aromatic nitrogens is 1. The van der Waals surface area contributed by atoms with Gasteiger partial charge in [-0.25, -0.2) is 0 Å². The molecule has 0 radical (unpaired) electrons. The molecule has 98 valence electrons. The van der Waals surface area contributed by atoms with E-state index in [0.29, 0.717) is 6.42 Å². The van der Waals surface area contributed by atoms with Gasteiger partial charge in [0.1, 0.15) is 0 Å². The summed E-state index contributed by atoms with van der Waals surface area (Å²) in [5, 5.41) is 0. The van der Waals surface area contributed by atoms with E-state index in [9.17, 15) is 8.42 Å². The summed E-state index contributed by atoms with van der Waals surface area (Å²) in [7, 11) is -3.71. The summed E-state index contributed by atoms with van der Waals surface area (Å²) in [4.78, 5) is 3.78. The fourth-order valence-corrected chi connectivity index (χ4v) is 1.77. The molecule has 0 saturated heterocycles. The van der Waals surface area contributed by atoms with E-state index in [0.717, 1.165) is 25.7 Å². The van der Waals surface area contributed by atoms with Crippen LogP contribution in [0.4, 0.5) is 0 Å². The van der Waals surface area contributed by atoms with Crippen molar-refractivity contribution in [1.82, 2.24) is 4.98 Å². The predicted molar refractivity (Wildman–Crippen MR) is 69.4 cm³/mol. The number of nitrogens with zero attached hydrogens (tertiary/aromatic N) is 1. The lowest BCUT2D eigenvalue weighted by atomic mass is 10.2. The topological polar surface area (TPSA) is 67.3 Å². The summed E-state index contributed by atoms with van der Waals surface area (Å²) in [6.07, 6.45) is 8.33. The smallest absolute Gasteiger partial charge is 0.264 e. The van der Waals surface area contributed by atoms with Crippen molar-refractivity contribution in [3.63, 3.8) is 0 Å². The lowest BCUT2D eigenvalue weighted by Crippen LogP contribution is -2.03. The summed E-state index contributed by atoms with van der Waals surface area (Å²) < 4.78 is 28.8. The van der Waals surface area contributed by atoms with Crippen molar-refractivity contribution in [2.24, 2.45) is 0 Å². The minimum atomic E-state index is -3.71. The zero-order valence-corrected chi connectivity index (χ0v) is 11.1. The first-order valence-electron chi connectivity index (χ1n) is 5.86. The van der Waals surface area contributed by atoms with E-state index >= 15 is 0 Å². The number of unbranched alkanes of at least 4 members (excludes halogenated alkanes) is 4. The van der Waals surface area contributed by atoms with E-state index in [1.165, 1.54) is 0 Å². The molecule has 17 heavy (non-hydrogen) atoms. The maximum atomic E-state index is 10.2. The average Bonchev–Trinajstić information content (AvgIpc) is 2.30. The molecule has 0 unspecified atom stereocenters. The van der Waals surface area contributed by atoms with Gasteiger partial charge in [0.2, 0.25) is 0 Å². The van der Waals surface area contributed by atoms with Crippen molar-refractivity contribution in [1.29, 1.82) is 0 Å². The minimum Gasteiger partial charge on any atom is -0.286 e. The second-order valence-electron chi connectivity index (χ2n) is 3.72. The monoisotopic (exact) mass is 259 g/mol. The van der Waals surface area contributed by atoms with Crippen molar-refractivity contribution < 1.29 is 13.0 Å². The second kappa shape index (κ2) is 10.2. The predicted octanol–water partition coefficient (Wildman–Crippen LogP) is 2.93. The average molecular weight is 259 g/mol. The van der Waals surface area contributed by atoms with Gasteiger partial charge in [-0.3, -0.25) is 9.54 Å². The fourth-order valence-electron chi connectivity index (χ4n) is 1.20. The van der Waals surface area contributed by atoms with Crippen LogP contribution in [0.2, 0.25) is 0 Å². The van der Waals surface area contributed by atoms with Crippen LogP contribution in [0.3, 0.4) is 0 Å². The number of rotatable bonds is 6. The molecular formula is C12H21NO3S. The second-order valence-corrected chi connectivity index (χ2v) is 5.30. The molecule has 0 fully saturated rings. The molecule has 0 saturated carbocycles. The third kappa shape index (κ3) is 15.1. The Morgan fingerprint density at radius 3 is 1.94 bits per heavy atom. The lowest BCUT2D eigenvalue weighted by molar-refractivity contribution is 0.479. The highest BCUT2D eigenvalue weighted by molar-refractivity contribution is 7.85. The van der Waals surface area contributed by atoms with Crippen LogP contribution < -0.4 is 0 Å². The van der Waals surface area contributed by atoms with Crippen molar-refractivity contribution in [2.75, 3.05) is 5.75 Å². The summed E-state index contributed by atoms with van der Waals surface area (Å²) in [5.41, 5.74) is 0. The Labute approximate surface area is 104 Å². The Hall–Kier alpha value is -0.940. The Balaban J connectivity index is 0.000000354. The summed E-state index contributed by atoms with van der Waals surface area (Å²) in [6, 6.07) is 5.72. The van der Waals surface area contributed by atoms with Crippen LogP contribution in [0.25, 0.3) is 0 Å². The van der Waals surface area contributed by atoms with E-state index in [2.05, 4.69) is 11.9 Å². The first-order chi connectivity index (χ1) is 8.06. The van der Waals surface area contributed by atoms with Gasteiger partial charge in [0.25, 0.3) is 10.1 Å². The molecule has 1 aromatic rings. The van der Waals surface area contributed by atoms with Crippen LogP contribution in [0.5, 0.6) is 0 Å². The van der Waals surface area contributed by atoms with Gasteiger partial charge in [0.15, 0.2) is 0 Å². The molecule has 0 bridgehead atoms. The van der Waals surface area contributed by atoms with E-state index in [-0.39, 0.29) is 5.75 Å². The Kier molecular flexibility index (Phi) is 9.66. The van der Waals surface area contributed by atoms with Gasteiger partial charge in [0.05, 0.1) is 5.75 Å². The van der Waals surface area contributed by atoms with E-state index in [4.69, 9.17) is 4.55 Å². The number of hydrogen-bond donors (Lipinski definition) is 1. The molecule has 4 nitrogen and oxygen atoms in total. The van der Waals surface area contributed by atoms with Crippen LogP contribution in [-0.2, 0) is 10.1 Å². The Morgan fingerprint density at radius 1 is 1.00 bits per heavy atom. The number of pyridine rings is 1. The van der Waals surface area contributed by atoms with Crippen LogP contribution in [0, 0.1) is 0 Å². The van der Waals surface area contributed by atoms with E-state index in [1.54, 1.807) is 12.4 Å². The van der Waals surface area contributed by atoms with Crippen LogP contribution in [0.1, 0.15) is 39.0 Å². The largest absolute Gasteiger partial charge is 0.286 e. The molecule has 1 N–H and O–H groups in total. The zero-order chi connectivity index (χ0) is 13.0. The molecule has 0 amide bonds. The van der Waals surface area contributed by atoms with E-state index < -0.39 is 10.1 Å². The van der Waals surface area contributed by atoms with Crippen LogP contribution in [0.15, 0.2) is 30.6 Å². The third-order valence-corrected chi connectivity index (χ3v) is 2.88. The normalized spacial score (nSPS) is 10.5. The maximum Gasteiger partial charge on any atom is 0.264 e. The molecular weight excluding hydrogens is 238 g/mol. The SMILES string of the molecule is CCCCCCCS(=O)(=O)O.c1ccncc1. The molecule has 1 aromatic heterocycles. The van der Waals surface area contributed by atoms with Crippen molar-refractivity contribution in [3.8, 4) is 0 Å². The fraction of sp³-hybridized carbons (Fsp3) is 0.583. The first-order valence-corrected chi connectivity index (χ1v) is 7.47.